The number of hydrogen-bond donors (Lipinski definition) is 1. The van der Waals surface area contributed by atoms with Crippen LogP contribution in [0.3, 0.4) is 0 Å². The molecule has 0 atom stereocenters. The van der Waals surface area contributed by atoms with Gasteiger partial charge in [-0.3, -0.25) is 0 Å². The van der Waals surface area contributed by atoms with Crippen LogP contribution in [0.1, 0.15) is 70.3 Å². The Kier molecular flexibility index (Phi) is 14.2. The summed E-state index contributed by atoms with van der Waals surface area (Å²) in [6.45, 7) is 3.74. The summed E-state index contributed by atoms with van der Waals surface area (Å²) in [7, 11) is 0. The molecule has 0 amide bonds. The fraction of sp³-hybridized carbons (Fsp3) is 0.722. The van der Waals surface area contributed by atoms with Gasteiger partial charge in [-0.25, -0.2) is 4.57 Å². The zero-order valence-electron chi connectivity index (χ0n) is 13.6. The summed E-state index contributed by atoms with van der Waals surface area (Å²) >= 11 is 0. The van der Waals surface area contributed by atoms with Crippen molar-refractivity contribution in [3.05, 3.63) is 30.1 Å². The Hall–Kier alpha value is -0.410. The summed E-state index contributed by atoms with van der Waals surface area (Å²) in [5, 5.41) is 8.70. The first-order valence-corrected chi connectivity index (χ1v) is 8.45. The fourth-order valence-corrected chi connectivity index (χ4v) is 2.62. The zero-order chi connectivity index (χ0) is 14.5. The van der Waals surface area contributed by atoms with E-state index < -0.39 is 0 Å². The van der Waals surface area contributed by atoms with E-state index in [4.69, 9.17) is 5.11 Å². The number of pyridine rings is 1. The first kappa shape index (κ1) is 20.6. The highest BCUT2D eigenvalue weighted by Crippen LogP contribution is 2.08. The number of halogens is 1. The van der Waals surface area contributed by atoms with Crippen molar-refractivity contribution in [3.8, 4) is 0 Å². The summed E-state index contributed by atoms with van der Waals surface area (Å²) in [6.07, 6.45) is 17.0. The number of aryl methyl sites for hydroxylation is 2. The van der Waals surface area contributed by atoms with E-state index in [0.717, 1.165) is 13.0 Å². The Labute approximate surface area is 141 Å². The minimum Gasteiger partial charge on any atom is -1.00 e. The lowest BCUT2D eigenvalue weighted by molar-refractivity contribution is -0.697. The highest BCUT2D eigenvalue weighted by molar-refractivity contribution is 5.04. The van der Waals surface area contributed by atoms with Gasteiger partial charge < -0.3 is 22.1 Å². The van der Waals surface area contributed by atoms with Gasteiger partial charge in [0.15, 0.2) is 12.4 Å². The molecule has 0 aliphatic carbocycles. The Morgan fingerprint density at radius 2 is 1.57 bits per heavy atom. The van der Waals surface area contributed by atoms with Gasteiger partial charge in [0, 0.05) is 24.7 Å². The maximum Gasteiger partial charge on any atom is 0.171 e. The van der Waals surface area contributed by atoms with E-state index in [0.29, 0.717) is 6.61 Å². The van der Waals surface area contributed by atoms with Crippen LogP contribution in [-0.2, 0) is 13.0 Å². The summed E-state index contributed by atoms with van der Waals surface area (Å²) in [5.74, 6) is 0. The van der Waals surface area contributed by atoms with Crippen LogP contribution in [-0.4, -0.2) is 11.7 Å². The molecule has 0 saturated heterocycles. The highest BCUT2D eigenvalue weighted by atomic mass is 79.9. The normalized spacial score (nSPS) is 10.4. The molecule has 1 aromatic rings. The molecule has 3 heteroatoms. The van der Waals surface area contributed by atoms with Crippen LogP contribution < -0.4 is 21.5 Å². The third-order valence-corrected chi connectivity index (χ3v) is 3.78. The summed E-state index contributed by atoms with van der Waals surface area (Å²) in [6, 6.07) is 4.40. The van der Waals surface area contributed by atoms with Crippen LogP contribution in [0.25, 0.3) is 0 Å². The fourth-order valence-electron chi connectivity index (χ4n) is 2.62. The summed E-state index contributed by atoms with van der Waals surface area (Å²) in [5.41, 5.74) is 1.46. The third kappa shape index (κ3) is 10.9. The molecule has 0 spiro atoms. The third-order valence-electron chi connectivity index (χ3n) is 3.78. The van der Waals surface area contributed by atoms with Crippen molar-refractivity contribution in [2.24, 2.45) is 0 Å². The molecule has 0 radical (unpaired) electrons. The molecular formula is C18H32BrNO. The first-order valence-electron chi connectivity index (χ1n) is 8.45. The van der Waals surface area contributed by atoms with Gasteiger partial charge in [0.1, 0.15) is 6.54 Å². The van der Waals surface area contributed by atoms with Crippen LogP contribution in [0, 0.1) is 0 Å². The first-order chi connectivity index (χ1) is 9.86. The van der Waals surface area contributed by atoms with Crippen LogP contribution in [0.15, 0.2) is 24.5 Å². The number of hydrogen-bond acceptors (Lipinski definition) is 1. The number of unbranched alkanes of at least 4 members (excludes halogenated alkanes) is 7. The number of aromatic nitrogens is 1. The molecule has 1 rings (SSSR count). The van der Waals surface area contributed by atoms with Gasteiger partial charge in [-0.2, -0.15) is 0 Å². The molecule has 0 aliphatic heterocycles. The standard InChI is InChI=1S/C18H32NO.BrH/c1-2-12-18-13-11-15-19(17-18)14-9-7-5-3-4-6-8-10-16-20;/h11,13,15,17,20H,2-10,12,14,16H2,1H3;1H/q+1;/p-1. The molecule has 2 nitrogen and oxygen atoms in total. The quantitative estimate of drug-likeness (QED) is 0.438. The molecule has 0 bridgehead atoms. The molecule has 0 aliphatic rings. The van der Waals surface area contributed by atoms with E-state index in [1.165, 1.54) is 63.4 Å². The van der Waals surface area contributed by atoms with E-state index in [1.54, 1.807) is 0 Å². The number of aliphatic hydroxyl groups excluding tert-OH is 1. The van der Waals surface area contributed by atoms with E-state index in [1.807, 2.05) is 0 Å². The summed E-state index contributed by atoms with van der Waals surface area (Å²) in [4.78, 5) is 0. The molecule has 0 fully saturated rings. The Morgan fingerprint density at radius 3 is 2.19 bits per heavy atom. The van der Waals surface area contributed by atoms with Crippen LogP contribution in [0.4, 0.5) is 0 Å². The molecule has 21 heavy (non-hydrogen) atoms. The minimum absolute atomic E-state index is 0. The molecule has 122 valence electrons. The maximum atomic E-state index is 8.70. The second-order valence-corrected chi connectivity index (χ2v) is 5.75. The van der Waals surface area contributed by atoms with E-state index >= 15 is 0 Å². The van der Waals surface area contributed by atoms with Crippen molar-refractivity contribution in [1.29, 1.82) is 0 Å². The summed E-state index contributed by atoms with van der Waals surface area (Å²) < 4.78 is 2.34. The monoisotopic (exact) mass is 357 g/mol. The molecule has 1 aromatic heterocycles. The lowest BCUT2D eigenvalue weighted by atomic mass is 10.1. The predicted molar refractivity (Wildman–Crippen MR) is 84.7 cm³/mol. The van der Waals surface area contributed by atoms with Crippen molar-refractivity contribution in [2.75, 3.05) is 6.61 Å². The Balaban J connectivity index is 0.00000400. The molecule has 0 saturated carbocycles. The van der Waals surface area contributed by atoms with Crippen LogP contribution in [0.2, 0.25) is 0 Å². The number of aliphatic hydroxyl groups is 1. The van der Waals surface area contributed by atoms with Crippen molar-refractivity contribution in [2.45, 2.75) is 77.7 Å². The highest BCUT2D eigenvalue weighted by Gasteiger charge is 2.02. The van der Waals surface area contributed by atoms with Crippen molar-refractivity contribution >= 4 is 0 Å². The SMILES string of the molecule is CCCc1ccc[n+](CCCCCCCCCCO)c1.[Br-]. The van der Waals surface area contributed by atoms with Crippen molar-refractivity contribution < 1.29 is 26.7 Å². The topological polar surface area (TPSA) is 24.1 Å². The van der Waals surface area contributed by atoms with Gasteiger partial charge in [-0.05, 0) is 25.3 Å². The number of rotatable bonds is 12. The average Bonchev–Trinajstić information content (AvgIpc) is 2.46. The van der Waals surface area contributed by atoms with E-state index in [2.05, 4.69) is 36.0 Å². The largest absolute Gasteiger partial charge is 1.00 e. The zero-order valence-corrected chi connectivity index (χ0v) is 15.2. The predicted octanol–water partition coefficient (Wildman–Crippen LogP) is 1.04. The van der Waals surface area contributed by atoms with Gasteiger partial charge in [0.2, 0.25) is 0 Å². The Morgan fingerprint density at radius 1 is 0.952 bits per heavy atom. The Bertz CT molecular complexity index is 344. The average molecular weight is 358 g/mol. The van der Waals surface area contributed by atoms with Crippen molar-refractivity contribution in [3.63, 3.8) is 0 Å². The molecule has 1 N–H and O–H groups in total. The second kappa shape index (κ2) is 14.5. The van der Waals surface area contributed by atoms with Crippen LogP contribution >= 0.6 is 0 Å². The van der Waals surface area contributed by atoms with Gasteiger partial charge in [0.25, 0.3) is 0 Å². The van der Waals surface area contributed by atoms with Gasteiger partial charge >= 0.3 is 0 Å². The van der Waals surface area contributed by atoms with E-state index in [-0.39, 0.29) is 17.0 Å². The lowest BCUT2D eigenvalue weighted by Gasteiger charge is -2.02. The number of nitrogens with zero attached hydrogens (tertiary/aromatic N) is 1. The molecular weight excluding hydrogens is 326 g/mol. The minimum atomic E-state index is 0. The molecule has 0 unspecified atom stereocenters. The van der Waals surface area contributed by atoms with Gasteiger partial charge in [-0.15, -0.1) is 0 Å². The molecule has 0 aromatic carbocycles. The second-order valence-electron chi connectivity index (χ2n) is 5.75. The van der Waals surface area contributed by atoms with Gasteiger partial charge in [0.05, 0.1) is 0 Å². The molecule has 1 heterocycles. The van der Waals surface area contributed by atoms with Crippen LogP contribution in [0.5, 0.6) is 0 Å². The van der Waals surface area contributed by atoms with E-state index in [9.17, 15) is 0 Å². The lowest BCUT2D eigenvalue weighted by Crippen LogP contribution is -3.00. The maximum absolute atomic E-state index is 8.70. The smallest absolute Gasteiger partial charge is 0.171 e. The van der Waals surface area contributed by atoms with Gasteiger partial charge in [-0.1, -0.05) is 45.4 Å². The van der Waals surface area contributed by atoms with Crippen molar-refractivity contribution in [1.82, 2.24) is 0 Å².